The lowest BCUT2D eigenvalue weighted by Crippen LogP contribution is -2.35. The normalized spacial score (nSPS) is 14.6. The van der Waals surface area contributed by atoms with Crippen molar-refractivity contribution < 1.29 is 14.7 Å². The lowest BCUT2D eigenvalue weighted by atomic mass is 10.1. The molecule has 0 aliphatic carbocycles. The number of hydrogen-bond donors (Lipinski definition) is 1. The standard InChI is InChI=1S/C19H20N2O3S/c1-12-6-7-14(11-13(12)2)21-18(23)16(15-5-4-10-25-15)17(19(21)24)20(3)8-9-22/h4-7,10-11,22H,8-9H2,1-3H3. The van der Waals surface area contributed by atoms with Gasteiger partial charge in [0.15, 0.2) is 0 Å². The summed E-state index contributed by atoms with van der Waals surface area (Å²) in [4.78, 5) is 29.8. The van der Waals surface area contributed by atoms with Gasteiger partial charge in [-0.05, 0) is 48.6 Å². The molecule has 0 saturated heterocycles. The molecule has 1 aromatic heterocycles. The summed E-state index contributed by atoms with van der Waals surface area (Å²) in [6.07, 6.45) is 0. The van der Waals surface area contributed by atoms with Gasteiger partial charge in [0, 0.05) is 18.5 Å². The molecule has 2 heterocycles. The predicted molar refractivity (Wildman–Crippen MR) is 99.4 cm³/mol. The van der Waals surface area contributed by atoms with Crippen LogP contribution in [0.15, 0.2) is 41.4 Å². The van der Waals surface area contributed by atoms with Crippen LogP contribution < -0.4 is 4.90 Å². The molecule has 0 bridgehead atoms. The number of nitrogens with zero attached hydrogens (tertiary/aromatic N) is 2. The smallest absolute Gasteiger partial charge is 0.282 e. The van der Waals surface area contributed by atoms with Gasteiger partial charge in [-0.25, -0.2) is 4.90 Å². The number of likely N-dealkylation sites (N-methyl/N-ethyl adjacent to an activating group) is 1. The van der Waals surface area contributed by atoms with Crippen LogP contribution >= 0.6 is 11.3 Å². The molecule has 2 aromatic rings. The van der Waals surface area contributed by atoms with E-state index in [-0.39, 0.29) is 25.0 Å². The highest BCUT2D eigenvalue weighted by molar-refractivity contribution is 7.11. The minimum atomic E-state index is -0.354. The maximum Gasteiger partial charge on any atom is 0.282 e. The van der Waals surface area contributed by atoms with Crippen molar-refractivity contribution >= 4 is 34.4 Å². The van der Waals surface area contributed by atoms with Crippen molar-refractivity contribution in [3.8, 4) is 0 Å². The zero-order valence-electron chi connectivity index (χ0n) is 14.4. The van der Waals surface area contributed by atoms with Gasteiger partial charge in [0.2, 0.25) is 0 Å². The van der Waals surface area contributed by atoms with Crippen molar-refractivity contribution in [3.05, 3.63) is 57.4 Å². The molecule has 0 unspecified atom stereocenters. The molecule has 1 aliphatic rings. The number of aliphatic hydroxyl groups is 1. The molecule has 0 fully saturated rings. The Morgan fingerprint density at radius 3 is 2.48 bits per heavy atom. The van der Waals surface area contributed by atoms with Gasteiger partial charge in [0.05, 0.1) is 17.9 Å². The van der Waals surface area contributed by atoms with Crippen molar-refractivity contribution in [3.63, 3.8) is 0 Å². The number of hydrogen-bond acceptors (Lipinski definition) is 5. The van der Waals surface area contributed by atoms with Crippen molar-refractivity contribution in [2.24, 2.45) is 0 Å². The fourth-order valence-corrected chi connectivity index (χ4v) is 3.64. The van der Waals surface area contributed by atoms with Gasteiger partial charge in [-0.2, -0.15) is 0 Å². The Bertz CT molecular complexity index is 856. The molecule has 1 aliphatic heterocycles. The fraction of sp³-hybridized carbons (Fsp3) is 0.263. The van der Waals surface area contributed by atoms with E-state index >= 15 is 0 Å². The van der Waals surface area contributed by atoms with E-state index in [2.05, 4.69) is 0 Å². The summed E-state index contributed by atoms with van der Waals surface area (Å²) in [6, 6.07) is 9.24. The summed E-state index contributed by atoms with van der Waals surface area (Å²) in [5.41, 5.74) is 3.42. The maximum atomic E-state index is 13.1. The van der Waals surface area contributed by atoms with Crippen LogP contribution in [0.25, 0.3) is 5.57 Å². The van der Waals surface area contributed by atoms with E-state index in [4.69, 9.17) is 0 Å². The highest BCUT2D eigenvalue weighted by atomic mass is 32.1. The Morgan fingerprint density at radius 2 is 1.88 bits per heavy atom. The molecule has 0 radical (unpaired) electrons. The van der Waals surface area contributed by atoms with Crippen LogP contribution in [0.5, 0.6) is 0 Å². The lowest BCUT2D eigenvalue weighted by Gasteiger charge is -2.20. The molecule has 0 spiro atoms. The first-order valence-electron chi connectivity index (χ1n) is 8.02. The van der Waals surface area contributed by atoms with Crippen molar-refractivity contribution in [2.45, 2.75) is 13.8 Å². The first kappa shape index (κ1) is 17.4. The highest BCUT2D eigenvalue weighted by Crippen LogP contribution is 2.36. The summed E-state index contributed by atoms with van der Waals surface area (Å²) in [5.74, 6) is -0.678. The highest BCUT2D eigenvalue weighted by Gasteiger charge is 2.42. The van der Waals surface area contributed by atoms with Crippen LogP contribution in [0.3, 0.4) is 0 Å². The molecule has 1 aromatic carbocycles. The number of aliphatic hydroxyl groups excluding tert-OH is 1. The van der Waals surface area contributed by atoms with Gasteiger partial charge in [0.25, 0.3) is 11.8 Å². The van der Waals surface area contributed by atoms with Crippen LogP contribution in [-0.2, 0) is 9.59 Å². The van der Waals surface area contributed by atoms with Crippen LogP contribution in [0.4, 0.5) is 5.69 Å². The average Bonchev–Trinajstić information content (AvgIpc) is 3.17. The molecule has 5 nitrogen and oxygen atoms in total. The van der Waals surface area contributed by atoms with Gasteiger partial charge in [-0.15, -0.1) is 11.3 Å². The quantitative estimate of drug-likeness (QED) is 0.837. The number of amides is 2. The number of aryl methyl sites for hydroxylation is 2. The summed E-state index contributed by atoms with van der Waals surface area (Å²) in [7, 11) is 1.72. The zero-order chi connectivity index (χ0) is 18.1. The Kier molecular flexibility index (Phi) is 4.74. The number of benzene rings is 1. The summed E-state index contributed by atoms with van der Waals surface area (Å²) >= 11 is 1.42. The minimum absolute atomic E-state index is 0.0944. The van der Waals surface area contributed by atoms with E-state index in [1.807, 2.05) is 43.5 Å². The number of thiophene rings is 1. The SMILES string of the molecule is Cc1ccc(N2C(=O)C(c3cccs3)=C(N(C)CCO)C2=O)cc1C. The van der Waals surface area contributed by atoms with Crippen molar-refractivity contribution in [2.75, 3.05) is 25.1 Å². The second-order valence-electron chi connectivity index (χ2n) is 6.06. The van der Waals surface area contributed by atoms with Crippen molar-refractivity contribution in [1.82, 2.24) is 4.90 Å². The van der Waals surface area contributed by atoms with E-state index in [0.717, 1.165) is 16.0 Å². The van der Waals surface area contributed by atoms with E-state index in [9.17, 15) is 14.7 Å². The Hall–Kier alpha value is -2.44. The summed E-state index contributed by atoms with van der Waals surface area (Å²) in [6.45, 7) is 4.13. The minimum Gasteiger partial charge on any atom is -0.395 e. The van der Waals surface area contributed by atoms with Crippen LogP contribution in [0.2, 0.25) is 0 Å². The zero-order valence-corrected chi connectivity index (χ0v) is 15.3. The molecular formula is C19H20N2O3S. The number of imide groups is 1. The topological polar surface area (TPSA) is 60.9 Å². The van der Waals surface area contributed by atoms with Gasteiger partial charge in [-0.3, -0.25) is 9.59 Å². The average molecular weight is 356 g/mol. The van der Waals surface area contributed by atoms with E-state index < -0.39 is 0 Å². The molecule has 130 valence electrons. The van der Waals surface area contributed by atoms with Crippen LogP contribution in [0, 0.1) is 13.8 Å². The van der Waals surface area contributed by atoms with Gasteiger partial charge in [0.1, 0.15) is 5.70 Å². The number of rotatable bonds is 5. The molecule has 25 heavy (non-hydrogen) atoms. The third-order valence-electron chi connectivity index (χ3n) is 4.39. The Balaban J connectivity index is 2.10. The van der Waals surface area contributed by atoms with E-state index in [1.54, 1.807) is 18.0 Å². The third-order valence-corrected chi connectivity index (χ3v) is 5.28. The number of carbonyl (C=O) groups is 2. The molecule has 0 atom stereocenters. The van der Waals surface area contributed by atoms with Crippen LogP contribution in [-0.4, -0.2) is 42.0 Å². The van der Waals surface area contributed by atoms with Gasteiger partial charge >= 0.3 is 0 Å². The first-order valence-corrected chi connectivity index (χ1v) is 8.90. The maximum absolute atomic E-state index is 13.1. The van der Waals surface area contributed by atoms with E-state index in [1.165, 1.54) is 16.2 Å². The second-order valence-corrected chi connectivity index (χ2v) is 7.01. The largest absolute Gasteiger partial charge is 0.395 e. The molecule has 0 saturated carbocycles. The molecule has 3 rings (SSSR count). The van der Waals surface area contributed by atoms with Gasteiger partial charge < -0.3 is 10.0 Å². The Morgan fingerprint density at radius 1 is 1.12 bits per heavy atom. The fourth-order valence-electron chi connectivity index (χ4n) is 2.88. The summed E-state index contributed by atoms with van der Waals surface area (Å²) in [5, 5.41) is 11.1. The van der Waals surface area contributed by atoms with Crippen LogP contribution in [0.1, 0.15) is 16.0 Å². The monoisotopic (exact) mass is 356 g/mol. The predicted octanol–water partition coefficient (Wildman–Crippen LogP) is 2.57. The molecule has 1 N–H and O–H groups in total. The number of carbonyl (C=O) groups excluding carboxylic acids is 2. The number of anilines is 1. The lowest BCUT2D eigenvalue weighted by molar-refractivity contribution is -0.120. The molecular weight excluding hydrogens is 336 g/mol. The first-order chi connectivity index (χ1) is 12.0. The summed E-state index contributed by atoms with van der Waals surface area (Å²) < 4.78 is 0. The van der Waals surface area contributed by atoms with E-state index in [0.29, 0.717) is 17.0 Å². The second kappa shape index (κ2) is 6.82. The third kappa shape index (κ3) is 2.99. The van der Waals surface area contributed by atoms with Crippen molar-refractivity contribution in [1.29, 1.82) is 0 Å². The molecule has 2 amide bonds. The molecule has 6 heteroatoms. The van der Waals surface area contributed by atoms with Gasteiger partial charge in [-0.1, -0.05) is 12.1 Å². The Labute approximate surface area is 150 Å².